The van der Waals surface area contributed by atoms with E-state index in [4.69, 9.17) is 21.1 Å². The molecule has 1 unspecified atom stereocenters. The van der Waals surface area contributed by atoms with E-state index in [2.05, 4.69) is 0 Å². The standard InChI is InChI=1S/C16H15ClO3/c1-16(18,11-2-5-13(17)6-3-11)12-4-7-14-15(10-12)20-9-8-19-14/h2-7,10,18H,8-9H2,1H3. The number of benzene rings is 2. The summed E-state index contributed by atoms with van der Waals surface area (Å²) in [5.41, 5.74) is 0.420. The Bertz CT molecular complexity index is 620. The average molecular weight is 291 g/mol. The predicted molar refractivity (Wildman–Crippen MR) is 77.6 cm³/mol. The van der Waals surface area contributed by atoms with Crippen LogP contribution in [0.25, 0.3) is 0 Å². The van der Waals surface area contributed by atoms with Crippen molar-refractivity contribution in [2.45, 2.75) is 12.5 Å². The zero-order valence-corrected chi connectivity index (χ0v) is 11.9. The minimum absolute atomic E-state index is 0.527. The average Bonchev–Trinajstić information content (AvgIpc) is 2.47. The van der Waals surface area contributed by atoms with Gasteiger partial charge in [0.05, 0.1) is 0 Å². The molecule has 0 fully saturated rings. The van der Waals surface area contributed by atoms with Gasteiger partial charge >= 0.3 is 0 Å². The molecule has 0 aromatic heterocycles. The molecule has 2 aromatic rings. The van der Waals surface area contributed by atoms with E-state index < -0.39 is 5.60 Å². The van der Waals surface area contributed by atoms with Crippen LogP contribution in [0.4, 0.5) is 0 Å². The van der Waals surface area contributed by atoms with Gasteiger partial charge in [-0.15, -0.1) is 0 Å². The SMILES string of the molecule is CC(O)(c1ccc(Cl)cc1)c1ccc2c(c1)OCCO2. The normalized spacial score (nSPS) is 16.6. The summed E-state index contributed by atoms with van der Waals surface area (Å²) in [5.74, 6) is 1.38. The number of aliphatic hydroxyl groups is 1. The maximum absolute atomic E-state index is 10.8. The van der Waals surface area contributed by atoms with Crippen molar-refractivity contribution in [3.8, 4) is 11.5 Å². The Labute approximate surface area is 122 Å². The van der Waals surface area contributed by atoms with Crippen LogP contribution in [0.2, 0.25) is 5.02 Å². The smallest absolute Gasteiger partial charge is 0.161 e. The van der Waals surface area contributed by atoms with Gasteiger partial charge in [-0.3, -0.25) is 0 Å². The van der Waals surface area contributed by atoms with Crippen LogP contribution in [0.5, 0.6) is 11.5 Å². The molecule has 1 aliphatic heterocycles. The van der Waals surface area contributed by atoms with Gasteiger partial charge in [0, 0.05) is 5.02 Å². The Hall–Kier alpha value is -1.71. The highest BCUT2D eigenvalue weighted by atomic mass is 35.5. The predicted octanol–water partition coefficient (Wildman–Crippen LogP) is 3.37. The zero-order valence-electron chi connectivity index (χ0n) is 11.1. The Balaban J connectivity index is 2.00. The maximum atomic E-state index is 10.8. The van der Waals surface area contributed by atoms with E-state index in [-0.39, 0.29) is 0 Å². The first kappa shape index (κ1) is 13.3. The summed E-state index contributed by atoms with van der Waals surface area (Å²) in [6.45, 7) is 2.83. The largest absolute Gasteiger partial charge is 0.486 e. The van der Waals surface area contributed by atoms with E-state index in [0.717, 1.165) is 11.1 Å². The van der Waals surface area contributed by atoms with E-state index in [1.165, 1.54) is 0 Å². The first-order valence-corrected chi connectivity index (χ1v) is 6.84. The fraction of sp³-hybridized carbons (Fsp3) is 0.250. The highest BCUT2D eigenvalue weighted by molar-refractivity contribution is 6.30. The van der Waals surface area contributed by atoms with Crippen LogP contribution in [-0.4, -0.2) is 18.3 Å². The minimum atomic E-state index is -1.11. The minimum Gasteiger partial charge on any atom is -0.486 e. The highest BCUT2D eigenvalue weighted by Crippen LogP contribution is 2.37. The highest BCUT2D eigenvalue weighted by Gasteiger charge is 2.27. The molecule has 3 nitrogen and oxygen atoms in total. The third-order valence-corrected chi connectivity index (χ3v) is 3.76. The molecule has 0 aliphatic carbocycles. The second-order valence-corrected chi connectivity index (χ2v) is 5.37. The van der Waals surface area contributed by atoms with Gasteiger partial charge in [0.15, 0.2) is 11.5 Å². The third kappa shape index (κ3) is 2.35. The number of fused-ring (bicyclic) bond motifs is 1. The van der Waals surface area contributed by atoms with Crippen molar-refractivity contribution in [1.82, 2.24) is 0 Å². The number of halogens is 1. The quantitative estimate of drug-likeness (QED) is 0.922. The molecule has 0 spiro atoms. The summed E-state index contributed by atoms with van der Waals surface area (Å²) >= 11 is 5.88. The summed E-state index contributed by atoms with van der Waals surface area (Å²) in [7, 11) is 0. The number of hydrogen-bond acceptors (Lipinski definition) is 3. The lowest BCUT2D eigenvalue weighted by Crippen LogP contribution is -2.23. The molecule has 0 saturated carbocycles. The van der Waals surface area contributed by atoms with Crippen molar-refractivity contribution >= 4 is 11.6 Å². The van der Waals surface area contributed by atoms with Gasteiger partial charge in [-0.2, -0.15) is 0 Å². The van der Waals surface area contributed by atoms with Gasteiger partial charge in [-0.1, -0.05) is 29.8 Å². The molecule has 1 atom stereocenters. The Morgan fingerprint density at radius 3 is 2.25 bits per heavy atom. The molecule has 104 valence electrons. The molecule has 4 heteroatoms. The van der Waals surface area contributed by atoms with Crippen LogP contribution in [0.1, 0.15) is 18.1 Å². The molecular formula is C16H15ClO3. The van der Waals surface area contributed by atoms with Crippen LogP contribution < -0.4 is 9.47 Å². The van der Waals surface area contributed by atoms with E-state index in [1.807, 2.05) is 30.3 Å². The Kier molecular flexibility index (Phi) is 3.32. The van der Waals surface area contributed by atoms with E-state index >= 15 is 0 Å². The molecule has 0 saturated heterocycles. The first-order chi connectivity index (χ1) is 9.57. The van der Waals surface area contributed by atoms with Crippen LogP contribution in [0, 0.1) is 0 Å². The van der Waals surface area contributed by atoms with Crippen molar-refractivity contribution in [2.24, 2.45) is 0 Å². The molecule has 0 bridgehead atoms. The van der Waals surface area contributed by atoms with Gasteiger partial charge in [-0.25, -0.2) is 0 Å². The van der Waals surface area contributed by atoms with E-state index in [0.29, 0.717) is 29.7 Å². The molecule has 3 rings (SSSR count). The van der Waals surface area contributed by atoms with E-state index in [9.17, 15) is 5.11 Å². The lowest BCUT2D eigenvalue weighted by atomic mass is 9.88. The molecule has 1 aliphatic rings. The Morgan fingerprint density at radius 2 is 1.55 bits per heavy atom. The molecule has 20 heavy (non-hydrogen) atoms. The lowest BCUT2D eigenvalue weighted by molar-refractivity contribution is 0.101. The maximum Gasteiger partial charge on any atom is 0.161 e. The molecule has 1 heterocycles. The number of ether oxygens (including phenoxy) is 2. The fourth-order valence-corrected chi connectivity index (χ4v) is 2.41. The second-order valence-electron chi connectivity index (χ2n) is 4.94. The van der Waals surface area contributed by atoms with Crippen LogP contribution in [0.15, 0.2) is 42.5 Å². The molecule has 0 amide bonds. The molecule has 0 radical (unpaired) electrons. The van der Waals surface area contributed by atoms with Gasteiger partial charge in [0.25, 0.3) is 0 Å². The van der Waals surface area contributed by atoms with Crippen LogP contribution in [0.3, 0.4) is 0 Å². The van der Waals surface area contributed by atoms with Crippen molar-refractivity contribution in [3.05, 3.63) is 58.6 Å². The second kappa shape index (κ2) is 5.00. The van der Waals surface area contributed by atoms with Gasteiger partial charge in [0.2, 0.25) is 0 Å². The monoisotopic (exact) mass is 290 g/mol. The van der Waals surface area contributed by atoms with Crippen LogP contribution >= 0.6 is 11.6 Å². The summed E-state index contributed by atoms with van der Waals surface area (Å²) in [5, 5.41) is 11.5. The lowest BCUT2D eigenvalue weighted by Gasteiger charge is -2.27. The molecular weight excluding hydrogens is 276 g/mol. The summed E-state index contributed by atoms with van der Waals surface area (Å²) < 4.78 is 11.0. The fourth-order valence-electron chi connectivity index (χ4n) is 2.29. The third-order valence-electron chi connectivity index (χ3n) is 3.51. The molecule has 1 N–H and O–H groups in total. The van der Waals surface area contributed by atoms with Gasteiger partial charge < -0.3 is 14.6 Å². The van der Waals surface area contributed by atoms with Crippen molar-refractivity contribution in [3.63, 3.8) is 0 Å². The van der Waals surface area contributed by atoms with Gasteiger partial charge in [0.1, 0.15) is 18.8 Å². The van der Waals surface area contributed by atoms with Crippen molar-refractivity contribution in [1.29, 1.82) is 0 Å². The Morgan fingerprint density at radius 1 is 0.950 bits per heavy atom. The van der Waals surface area contributed by atoms with Crippen molar-refractivity contribution in [2.75, 3.05) is 13.2 Å². The summed E-state index contributed by atoms with van der Waals surface area (Å²) in [6.07, 6.45) is 0. The topological polar surface area (TPSA) is 38.7 Å². The number of hydrogen-bond donors (Lipinski definition) is 1. The zero-order chi connectivity index (χ0) is 14.2. The first-order valence-electron chi connectivity index (χ1n) is 6.46. The number of rotatable bonds is 2. The summed E-state index contributed by atoms with van der Waals surface area (Å²) in [6, 6.07) is 12.7. The van der Waals surface area contributed by atoms with Gasteiger partial charge in [-0.05, 0) is 42.3 Å². The van der Waals surface area contributed by atoms with Crippen LogP contribution in [-0.2, 0) is 5.60 Å². The van der Waals surface area contributed by atoms with E-state index in [1.54, 1.807) is 19.1 Å². The van der Waals surface area contributed by atoms with Crippen molar-refractivity contribution < 1.29 is 14.6 Å². The summed E-state index contributed by atoms with van der Waals surface area (Å²) in [4.78, 5) is 0. The molecule has 2 aromatic carbocycles.